The van der Waals surface area contributed by atoms with Gasteiger partial charge in [0.05, 0.1) is 6.54 Å². The number of alkyl halides is 3. The molecule has 1 unspecified atom stereocenters. The van der Waals surface area contributed by atoms with E-state index in [0.717, 1.165) is 6.92 Å². The molecule has 0 spiro atoms. The van der Waals surface area contributed by atoms with Crippen LogP contribution in [-0.2, 0) is 6.54 Å². The van der Waals surface area contributed by atoms with Gasteiger partial charge < -0.3 is 4.90 Å². The lowest BCUT2D eigenvalue weighted by Gasteiger charge is -2.14. The van der Waals surface area contributed by atoms with Gasteiger partial charge in [-0.05, 0) is 31.4 Å². The normalized spacial score (nSPS) is 14.3. The largest absolute Gasteiger partial charge is 0.400 e. The molecular formula is C8H14F3N5S. The van der Waals surface area contributed by atoms with Crippen LogP contribution in [0.1, 0.15) is 6.92 Å². The van der Waals surface area contributed by atoms with Gasteiger partial charge in [0.15, 0.2) is 0 Å². The minimum Gasteiger partial charge on any atom is -0.308 e. The monoisotopic (exact) mass is 269 g/mol. The van der Waals surface area contributed by atoms with E-state index in [-0.39, 0.29) is 5.16 Å². The van der Waals surface area contributed by atoms with E-state index in [9.17, 15) is 13.2 Å². The van der Waals surface area contributed by atoms with Gasteiger partial charge in [-0.15, -0.1) is 5.10 Å². The van der Waals surface area contributed by atoms with Crippen LogP contribution in [-0.4, -0.2) is 57.2 Å². The lowest BCUT2D eigenvalue weighted by Crippen LogP contribution is -2.24. The van der Waals surface area contributed by atoms with E-state index in [4.69, 9.17) is 0 Å². The van der Waals surface area contributed by atoms with Gasteiger partial charge in [-0.25, -0.2) is 4.68 Å². The highest BCUT2D eigenvalue weighted by Gasteiger charge is 2.37. The van der Waals surface area contributed by atoms with Gasteiger partial charge in [0.25, 0.3) is 0 Å². The van der Waals surface area contributed by atoms with Crippen molar-refractivity contribution >= 4 is 11.8 Å². The van der Waals surface area contributed by atoms with E-state index >= 15 is 0 Å². The van der Waals surface area contributed by atoms with E-state index in [1.54, 1.807) is 0 Å². The molecule has 0 radical (unpaired) electrons. The summed E-state index contributed by atoms with van der Waals surface area (Å²) < 4.78 is 38.5. The summed E-state index contributed by atoms with van der Waals surface area (Å²) in [6.45, 7) is 2.22. The third kappa shape index (κ3) is 4.50. The van der Waals surface area contributed by atoms with Gasteiger partial charge in [-0.3, -0.25) is 0 Å². The molecule has 0 fully saturated rings. The number of hydrogen-bond acceptors (Lipinski definition) is 5. The number of aromatic nitrogens is 4. The molecule has 0 saturated carbocycles. The van der Waals surface area contributed by atoms with E-state index in [0.29, 0.717) is 24.9 Å². The van der Waals surface area contributed by atoms with Gasteiger partial charge in [-0.1, -0.05) is 11.8 Å². The molecule has 98 valence electrons. The van der Waals surface area contributed by atoms with Crippen molar-refractivity contribution in [3.05, 3.63) is 0 Å². The molecule has 17 heavy (non-hydrogen) atoms. The van der Waals surface area contributed by atoms with Crippen molar-refractivity contribution in [2.75, 3.05) is 20.6 Å². The zero-order valence-electron chi connectivity index (χ0n) is 9.77. The molecule has 0 amide bonds. The maximum absolute atomic E-state index is 12.4. The van der Waals surface area contributed by atoms with Crippen molar-refractivity contribution in [2.24, 2.45) is 0 Å². The maximum atomic E-state index is 12.4. The Hall–Kier alpha value is -0.830. The molecule has 5 nitrogen and oxygen atoms in total. The third-order valence-electron chi connectivity index (χ3n) is 2.00. The average molecular weight is 269 g/mol. The Kier molecular flexibility index (Phi) is 4.75. The second-order valence-electron chi connectivity index (χ2n) is 3.79. The van der Waals surface area contributed by atoms with Crippen LogP contribution in [0.25, 0.3) is 0 Å². The van der Waals surface area contributed by atoms with E-state index in [1.807, 2.05) is 19.0 Å². The van der Waals surface area contributed by atoms with Crippen LogP contribution in [0.4, 0.5) is 13.2 Å². The molecule has 0 aliphatic rings. The topological polar surface area (TPSA) is 46.8 Å². The zero-order chi connectivity index (χ0) is 13.1. The fourth-order valence-corrected chi connectivity index (χ4v) is 1.72. The van der Waals surface area contributed by atoms with Crippen LogP contribution < -0.4 is 0 Å². The first-order valence-corrected chi connectivity index (χ1v) is 5.83. The third-order valence-corrected chi connectivity index (χ3v) is 3.13. The van der Waals surface area contributed by atoms with E-state index < -0.39 is 11.4 Å². The van der Waals surface area contributed by atoms with E-state index in [1.165, 1.54) is 4.68 Å². The van der Waals surface area contributed by atoms with Crippen LogP contribution >= 0.6 is 11.8 Å². The smallest absolute Gasteiger partial charge is 0.308 e. The lowest BCUT2D eigenvalue weighted by atomic mass is 10.5. The van der Waals surface area contributed by atoms with Crippen molar-refractivity contribution < 1.29 is 13.2 Å². The Bertz CT molecular complexity index is 351. The van der Waals surface area contributed by atoms with Crippen molar-refractivity contribution in [3.8, 4) is 0 Å². The zero-order valence-corrected chi connectivity index (χ0v) is 10.6. The number of hydrogen-bond donors (Lipinski definition) is 0. The summed E-state index contributed by atoms with van der Waals surface area (Å²) in [6, 6.07) is 0. The fourth-order valence-electron chi connectivity index (χ4n) is 0.941. The molecule has 0 bridgehead atoms. The van der Waals surface area contributed by atoms with Gasteiger partial charge in [0, 0.05) is 6.54 Å². The van der Waals surface area contributed by atoms with Crippen LogP contribution in [0.3, 0.4) is 0 Å². The summed E-state index contributed by atoms with van der Waals surface area (Å²) in [6.07, 6.45) is -4.25. The first-order valence-electron chi connectivity index (χ1n) is 4.95. The number of rotatable bonds is 5. The Morgan fingerprint density at radius 1 is 1.41 bits per heavy atom. The number of thioether (sulfide) groups is 1. The Labute approximate surface area is 101 Å². The molecule has 0 aliphatic carbocycles. The molecule has 0 aliphatic heterocycles. The first-order chi connectivity index (χ1) is 7.80. The Morgan fingerprint density at radius 2 is 2.06 bits per heavy atom. The summed E-state index contributed by atoms with van der Waals surface area (Å²) in [4.78, 5) is 1.91. The SMILES string of the molecule is CC(Sc1nnnn1CCN(C)C)C(F)(F)F. The van der Waals surface area contributed by atoms with Crippen molar-refractivity contribution in [2.45, 2.75) is 30.1 Å². The van der Waals surface area contributed by atoms with Gasteiger partial charge in [0.2, 0.25) is 5.16 Å². The Morgan fingerprint density at radius 3 is 2.59 bits per heavy atom. The molecule has 1 heterocycles. The molecule has 1 aromatic heterocycles. The second kappa shape index (κ2) is 5.67. The summed E-state index contributed by atoms with van der Waals surface area (Å²) >= 11 is 0.619. The predicted molar refractivity (Wildman–Crippen MR) is 57.7 cm³/mol. The second-order valence-corrected chi connectivity index (χ2v) is 5.10. The lowest BCUT2D eigenvalue weighted by molar-refractivity contribution is -0.125. The summed E-state index contributed by atoms with van der Waals surface area (Å²) in [7, 11) is 3.74. The van der Waals surface area contributed by atoms with Gasteiger partial charge in [0.1, 0.15) is 5.25 Å². The molecule has 1 atom stereocenters. The van der Waals surface area contributed by atoms with Crippen molar-refractivity contribution in [1.82, 2.24) is 25.1 Å². The van der Waals surface area contributed by atoms with Crippen molar-refractivity contribution in [3.63, 3.8) is 0 Å². The fraction of sp³-hybridized carbons (Fsp3) is 0.875. The quantitative estimate of drug-likeness (QED) is 0.754. The predicted octanol–water partition coefficient (Wildman–Crippen LogP) is 1.28. The van der Waals surface area contributed by atoms with E-state index in [2.05, 4.69) is 15.5 Å². The number of halogens is 3. The van der Waals surface area contributed by atoms with Crippen LogP contribution in [0.5, 0.6) is 0 Å². The molecule has 0 aromatic carbocycles. The summed E-state index contributed by atoms with van der Waals surface area (Å²) in [5.41, 5.74) is 0. The molecule has 0 saturated heterocycles. The summed E-state index contributed by atoms with van der Waals surface area (Å²) in [5.74, 6) is 0. The average Bonchev–Trinajstić information content (AvgIpc) is 2.60. The standard InChI is InChI=1S/C8H14F3N5S/c1-6(8(9,10)11)17-7-12-13-14-16(7)5-4-15(2)3/h6H,4-5H2,1-3H3. The first kappa shape index (κ1) is 14.2. The van der Waals surface area contributed by atoms with Crippen LogP contribution in [0.15, 0.2) is 5.16 Å². The van der Waals surface area contributed by atoms with Gasteiger partial charge >= 0.3 is 6.18 Å². The highest BCUT2D eigenvalue weighted by Crippen LogP contribution is 2.33. The molecule has 1 aromatic rings. The minimum absolute atomic E-state index is 0.191. The number of likely N-dealkylation sites (N-methyl/N-ethyl adjacent to an activating group) is 1. The molecular weight excluding hydrogens is 255 g/mol. The molecule has 0 N–H and O–H groups in total. The van der Waals surface area contributed by atoms with Crippen molar-refractivity contribution in [1.29, 1.82) is 0 Å². The Balaban J connectivity index is 2.63. The number of tetrazole rings is 1. The maximum Gasteiger partial charge on any atom is 0.400 e. The van der Waals surface area contributed by atoms with Crippen LogP contribution in [0.2, 0.25) is 0 Å². The summed E-state index contributed by atoms with van der Waals surface area (Å²) in [5, 5.41) is 9.32. The highest BCUT2D eigenvalue weighted by molar-refractivity contribution is 7.99. The highest BCUT2D eigenvalue weighted by atomic mass is 32.2. The van der Waals surface area contributed by atoms with Crippen LogP contribution in [0, 0.1) is 0 Å². The minimum atomic E-state index is -4.25. The number of nitrogens with zero attached hydrogens (tertiary/aromatic N) is 5. The molecule has 9 heteroatoms. The molecule has 1 rings (SSSR count). The van der Waals surface area contributed by atoms with Gasteiger partial charge in [-0.2, -0.15) is 13.2 Å².